The third-order valence-corrected chi connectivity index (χ3v) is 3.90. The molecule has 1 aromatic heterocycles. The molecule has 0 radical (unpaired) electrons. The molecular weight excluding hydrogens is 274 g/mol. The van der Waals surface area contributed by atoms with Crippen molar-refractivity contribution in [2.45, 2.75) is 18.1 Å². The van der Waals surface area contributed by atoms with Crippen LogP contribution in [0.1, 0.15) is 5.56 Å². The van der Waals surface area contributed by atoms with Crippen molar-refractivity contribution in [3.05, 3.63) is 59.4 Å². The van der Waals surface area contributed by atoms with Crippen molar-refractivity contribution in [2.75, 3.05) is 12.4 Å². The molecule has 0 spiro atoms. The molecule has 1 heterocycles. The van der Waals surface area contributed by atoms with Crippen LogP contribution in [0, 0.1) is 12.1 Å². The average Bonchev–Trinajstić information content (AvgIpc) is 2.45. The molecule has 0 aliphatic carbocycles. The first kappa shape index (κ1) is 14.7. The fourth-order valence-electron chi connectivity index (χ4n) is 1.66. The van der Waals surface area contributed by atoms with E-state index in [0.717, 1.165) is 16.0 Å². The van der Waals surface area contributed by atoms with Crippen LogP contribution >= 0.6 is 11.8 Å². The molecule has 2 rings (SSSR count). The molecule has 0 saturated carbocycles. The zero-order valence-corrected chi connectivity index (χ0v) is 12.0. The van der Waals surface area contributed by atoms with Crippen LogP contribution in [0.15, 0.2) is 53.7 Å². The quantitative estimate of drug-likeness (QED) is 0.503. The number of thioether (sulfide) groups is 1. The van der Waals surface area contributed by atoms with Crippen molar-refractivity contribution >= 4 is 11.8 Å². The number of aliphatic hydroxyl groups is 1. The third kappa shape index (κ3) is 4.15. The summed E-state index contributed by atoms with van der Waals surface area (Å²) in [5.74, 6) is 1.19. The van der Waals surface area contributed by atoms with Gasteiger partial charge in [0.05, 0.1) is 6.10 Å². The van der Waals surface area contributed by atoms with Gasteiger partial charge in [-0.25, -0.2) is 0 Å². The smallest absolute Gasteiger partial charge is 0.251 e. The van der Waals surface area contributed by atoms with Gasteiger partial charge in [-0.05, 0) is 24.6 Å². The minimum Gasteiger partial charge on any atom is -0.618 e. The van der Waals surface area contributed by atoms with Crippen LogP contribution in [0.4, 0.5) is 0 Å². The van der Waals surface area contributed by atoms with Gasteiger partial charge in [-0.2, -0.15) is 4.73 Å². The van der Waals surface area contributed by atoms with Gasteiger partial charge in [0.15, 0.2) is 6.20 Å². The molecule has 106 valence electrons. The SMILES string of the molecule is Cc1ccccc1OCC(O)CSc1cccc[n+]1[O-]. The van der Waals surface area contributed by atoms with Crippen LogP contribution in [0.5, 0.6) is 5.75 Å². The van der Waals surface area contributed by atoms with E-state index < -0.39 is 6.10 Å². The molecule has 20 heavy (non-hydrogen) atoms. The summed E-state index contributed by atoms with van der Waals surface area (Å²) in [7, 11) is 0. The predicted octanol–water partition coefficient (Wildman–Crippen LogP) is 2.16. The van der Waals surface area contributed by atoms with Crippen molar-refractivity contribution in [1.82, 2.24) is 0 Å². The van der Waals surface area contributed by atoms with Crippen molar-refractivity contribution in [1.29, 1.82) is 0 Å². The van der Waals surface area contributed by atoms with Crippen molar-refractivity contribution in [3.8, 4) is 5.75 Å². The molecule has 0 bridgehead atoms. The first-order valence-electron chi connectivity index (χ1n) is 6.34. The number of hydrogen-bond donors (Lipinski definition) is 1. The maximum Gasteiger partial charge on any atom is 0.251 e. The number of para-hydroxylation sites is 1. The number of rotatable bonds is 6. The molecule has 0 aliphatic rings. The Kier molecular flexibility index (Phi) is 5.26. The summed E-state index contributed by atoms with van der Waals surface area (Å²) in [4.78, 5) is 0. The van der Waals surface area contributed by atoms with Gasteiger partial charge < -0.3 is 15.1 Å². The zero-order chi connectivity index (χ0) is 14.4. The van der Waals surface area contributed by atoms with E-state index in [0.29, 0.717) is 10.8 Å². The van der Waals surface area contributed by atoms with Gasteiger partial charge in [0.25, 0.3) is 5.03 Å². The molecule has 0 fully saturated rings. The van der Waals surface area contributed by atoms with E-state index in [4.69, 9.17) is 4.74 Å². The first-order valence-corrected chi connectivity index (χ1v) is 7.33. The van der Waals surface area contributed by atoms with Gasteiger partial charge in [0.1, 0.15) is 12.4 Å². The largest absolute Gasteiger partial charge is 0.618 e. The van der Waals surface area contributed by atoms with Gasteiger partial charge in [-0.1, -0.05) is 30.0 Å². The van der Waals surface area contributed by atoms with Crippen molar-refractivity contribution in [3.63, 3.8) is 0 Å². The van der Waals surface area contributed by atoms with Gasteiger partial charge in [-0.3, -0.25) is 0 Å². The van der Waals surface area contributed by atoms with Crippen LogP contribution in [-0.2, 0) is 0 Å². The lowest BCUT2D eigenvalue weighted by molar-refractivity contribution is -0.645. The van der Waals surface area contributed by atoms with E-state index in [1.165, 1.54) is 18.0 Å². The molecule has 0 saturated heterocycles. The Hall–Kier alpha value is -1.72. The van der Waals surface area contributed by atoms with E-state index >= 15 is 0 Å². The highest BCUT2D eigenvalue weighted by Gasteiger charge is 2.11. The molecular formula is C15H17NO3S. The molecule has 2 aromatic rings. The summed E-state index contributed by atoms with van der Waals surface area (Å²) in [6, 6.07) is 12.9. The average molecular weight is 291 g/mol. The number of ether oxygens (including phenoxy) is 1. The van der Waals surface area contributed by atoms with Crippen LogP contribution in [0.25, 0.3) is 0 Å². The second kappa shape index (κ2) is 7.17. The van der Waals surface area contributed by atoms with E-state index in [2.05, 4.69) is 0 Å². The van der Waals surface area contributed by atoms with Crippen LogP contribution in [-0.4, -0.2) is 23.6 Å². The van der Waals surface area contributed by atoms with E-state index in [-0.39, 0.29) is 6.61 Å². The number of pyridine rings is 1. The fourth-order valence-corrected chi connectivity index (χ4v) is 2.48. The van der Waals surface area contributed by atoms with E-state index in [9.17, 15) is 10.3 Å². The number of nitrogens with zero attached hydrogens (tertiary/aromatic N) is 1. The zero-order valence-electron chi connectivity index (χ0n) is 11.2. The minimum atomic E-state index is -0.625. The van der Waals surface area contributed by atoms with Gasteiger partial charge in [-0.15, -0.1) is 0 Å². The molecule has 4 nitrogen and oxygen atoms in total. The predicted molar refractivity (Wildman–Crippen MR) is 78.8 cm³/mol. The van der Waals surface area contributed by atoms with E-state index in [1.807, 2.05) is 31.2 Å². The van der Waals surface area contributed by atoms with Crippen LogP contribution in [0.2, 0.25) is 0 Å². The fraction of sp³-hybridized carbons (Fsp3) is 0.267. The minimum absolute atomic E-state index is 0.212. The summed E-state index contributed by atoms with van der Waals surface area (Å²) >= 11 is 1.31. The standard InChI is InChI=1S/C15H17NO3S/c1-12-6-2-3-7-14(12)19-10-13(17)11-20-15-8-4-5-9-16(15)18/h2-9,13,17H,10-11H2,1H3. The van der Waals surface area contributed by atoms with E-state index in [1.54, 1.807) is 18.2 Å². The van der Waals surface area contributed by atoms with Crippen molar-refractivity contribution < 1.29 is 14.6 Å². The summed E-state index contributed by atoms with van der Waals surface area (Å²) in [6.45, 7) is 2.17. The Balaban J connectivity index is 1.80. The summed E-state index contributed by atoms with van der Waals surface area (Å²) < 4.78 is 6.36. The van der Waals surface area contributed by atoms with Crippen LogP contribution < -0.4 is 9.47 Å². The molecule has 0 aliphatic heterocycles. The number of aryl methyl sites for hydroxylation is 1. The second-order valence-corrected chi connectivity index (χ2v) is 5.45. The highest BCUT2D eigenvalue weighted by atomic mass is 32.2. The lowest BCUT2D eigenvalue weighted by atomic mass is 10.2. The van der Waals surface area contributed by atoms with Gasteiger partial charge >= 0.3 is 0 Å². The molecule has 1 unspecified atom stereocenters. The Labute approximate surface area is 122 Å². The molecule has 5 heteroatoms. The Morgan fingerprint density at radius 3 is 2.75 bits per heavy atom. The van der Waals surface area contributed by atoms with Crippen LogP contribution in [0.3, 0.4) is 0 Å². The molecule has 1 aromatic carbocycles. The highest BCUT2D eigenvalue weighted by molar-refractivity contribution is 7.99. The number of aromatic nitrogens is 1. The number of benzene rings is 1. The third-order valence-electron chi connectivity index (χ3n) is 2.74. The van der Waals surface area contributed by atoms with Crippen molar-refractivity contribution in [2.24, 2.45) is 0 Å². The maximum absolute atomic E-state index is 11.4. The Bertz CT molecular complexity index is 513. The topological polar surface area (TPSA) is 56.4 Å². The lowest BCUT2D eigenvalue weighted by Gasteiger charge is -2.13. The summed E-state index contributed by atoms with van der Waals surface area (Å²) in [6.07, 6.45) is 0.818. The lowest BCUT2D eigenvalue weighted by Crippen LogP contribution is -2.29. The molecule has 1 atom stereocenters. The summed E-state index contributed by atoms with van der Waals surface area (Å²) in [5.41, 5.74) is 1.04. The number of hydrogen-bond acceptors (Lipinski definition) is 4. The molecule has 1 N–H and O–H groups in total. The summed E-state index contributed by atoms with van der Waals surface area (Å²) in [5, 5.41) is 21.9. The van der Waals surface area contributed by atoms with Gasteiger partial charge in [0, 0.05) is 17.9 Å². The monoisotopic (exact) mass is 291 g/mol. The van der Waals surface area contributed by atoms with Gasteiger partial charge in [0.2, 0.25) is 0 Å². The number of aliphatic hydroxyl groups excluding tert-OH is 1. The molecule has 0 amide bonds. The maximum atomic E-state index is 11.4. The highest BCUT2D eigenvalue weighted by Crippen LogP contribution is 2.18. The first-order chi connectivity index (χ1) is 9.66. The normalized spacial score (nSPS) is 12.1. The Morgan fingerprint density at radius 2 is 2.00 bits per heavy atom. The second-order valence-electron chi connectivity index (χ2n) is 4.41. The Morgan fingerprint density at radius 1 is 1.25 bits per heavy atom.